The molecule has 0 saturated heterocycles. The van der Waals surface area contributed by atoms with Crippen LogP contribution in [0, 0.1) is 20.8 Å². The highest BCUT2D eigenvalue weighted by molar-refractivity contribution is 6.06. The Morgan fingerprint density at radius 3 is 2.42 bits per heavy atom. The van der Waals surface area contributed by atoms with Crippen LogP contribution in [0.15, 0.2) is 50.0 Å². The van der Waals surface area contributed by atoms with E-state index in [1.807, 2.05) is 57.2 Å². The minimum atomic E-state index is -0.499. The summed E-state index contributed by atoms with van der Waals surface area (Å²) in [5, 5.41) is 4.52. The van der Waals surface area contributed by atoms with Crippen LogP contribution in [0.5, 0.6) is 0 Å². The molecule has 0 atom stereocenters. The SMILES string of the molecule is COCCNC(=O)Cc1c(C)c2cc3c(-c4ccccc4)c(C)oc3c(C)c2oc1=O. The van der Waals surface area contributed by atoms with Crippen molar-refractivity contribution < 1.29 is 18.4 Å². The molecule has 6 heteroatoms. The Morgan fingerprint density at radius 2 is 1.71 bits per heavy atom. The van der Waals surface area contributed by atoms with Gasteiger partial charge >= 0.3 is 5.63 Å². The number of hydrogen-bond donors (Lipinski definition) is 1. The van der Waals surface area contributed by atoms with E-state index in [4.69, 9.17) is 13.6 Å². The average molecular weight is 419 g/mol. The highest BCUT2D eigenvalue weighted by Crippen LogP contribution is 2.39. The molecule has 6 nitrogen and oxygen atoms in total. The molecule has 0 aliphatic carbocycles. The molecule has 2 heterocycles. The number of carbonyl (C=O) groups is 1. The molecule has 160 valence electrons. The van der Waals surface area contributed by atoms with Gasteiger partial charge in [-0.25, -0.2) is 4.79 Å². The van der Waals surface area contributed by atoms with E-state index in [-0.39, 0.29) is 12.3 Å². The van der Waals surface area contributed by atoms with E-state index < -0.39 is 5.63 Å². The molecule has 0 unspecified atom stereocenters. The van der Waals surface area contributed by atoms with Crippen molar-refractivity contribution in [1.29, 1.82) is 0 Å². The van der Waals surface area contributed by atoms with Crippen molar-refractivity contribution in [1.82, 2.24) is 5.32 Å². The van der Waals surface area contributed by atoms with E-state index in [0.717, 1.165) is 38.8 Å². The fourth-order valence-corrected chi connectivity index (χ4v) is 4.06. The Labute approximate surface area is 179 Å². The van der Waals surface area contributed by atoms with Crippen molar-refractivity contribution in [3.63, 3.8) is 0 Å². The molecule has 4 rings (SSSR count). The van der Waals surface area contributed by atoms with Crippen molar-refractivity contribution in [2.24, 2.45) is 0 Å². The number of nitrogens with one attached hydrogen (secondary N) is 1. The number of ether oxygens (including phenoxy) is 1. The van der Waals surface area contributed by atoms with Gasteiger partial charge in [0, 0.05) is 35.6 Å². The number of rotatable bonds is 6. The van der Waals surface area contributed by atoms with Gasteiger partial charge in [0.05, 0.1) is 18.6 Å². The maximum absolute atomic E-state index is 12.7. The number of fused-ring (bicyclic) bond motifs is 2. The lowest BCUT2D eigenvalue weighted by Crippen LogP contribution is -2.30. The Morgan fingerprint density at radius 1 is 1.00 bits per heavy atom. The molecule has 0 spiro atoms. The summed E-state index contributed by atoms with van der Waals surface area (Å²) in [6, 6.07) is 12.1. The van der Waals surface area contributed by atoms with Crippen molar-refractivity contribution in [2.75, 3.05) is 20.3 Å². The normalized spacial score (nSPS) is 11.4. The second-order valence-electron chi connectivity index (χ2n) is 7.67. The van der Waals surface area contributed by atoms with Crippen LogP contribution in [-0.4, -0.2) is 26.2 Å². The van der Waals surface area contributed by atoms with Gasteiger partial charge in [-0.3, -0.25) is 4.79 Å². The fraction of sp³-hybridized carbons (Fsp3) is 0.280. The molecule has 31 heavy (non-hydrogen) atoms. The largest absolute Gasteiger partial charge is 0.460 e. The third-order valence-electron chi connectivity index (χ3n) is 5.66. The van der Waals surface area contributed by atoms with Gasteiger partial charge in [0.15, 0.2) is 0 Å². The zero-order valence-electron chi connectivity index (χ0n) is 18.1. The number of furan rings is 1. The van der Waals surface area contributed by atoms with Crippen molar-refractivity contribution in [2.45, 2.75) is 27.2 Å². The van der Waals surface area contributed by atoms with Gasteiger partial charge in [-0.2, -0.15) is 0 Å². The van der Waals surface area contributed by atoms with Crippen LogP contribution in [0.2, 0.25) is 0 Å². The van der Waals surface area contributed by atoms with Crippen LogP contribution < -0.4 is 10.9 Å². The quantitative estimate of drug-likeness (QED) is 0.369. The minimum absolute atomic E-state index is 0.0408. The first-order valence-electron chi connectivity index (χ1n) is 10.2. The van der Waals surface area contributed by atoms with E-state index in [2.05, 4.69) is 5.32 Å². The predicted molar refractivity (Wildman–Crippen MR) is 120 cm³/mol. The number of amides is 1. The molecular formula is C25H25NO5. The second-order valence-corrected chi connectivity index (χ2v) is 7.67. The third-order valence-corrected chi connectivity index (χ3v) is 5.66. The Hall–Kier alpha value is -3.38. The maximum atomic E-state index is 12.7. The molecule has 1 N–H and O–H groups in total. The molecule has 0 bridgehead atoms. The van der Waals surface area contributed by atoms with E-state index in [0.29, 0.717) is 29.9 Å². The Balaban J connectivity index is 1.88. The van der Waals surface area contributed by atoms with Gasteiger partial charge in [-0.15, -0.1) is 0 Å². The maximum Gasteiger partial charge on any atom is 0.340 e. The van der Waals surface area contributed by atoms with E-state index in [1.54, 1.807) is 7.11 Å². The second kappa shape index (κ2) is 8.40. The van der Waals surface area contributed by atoms with Crippen LogP contribution in [0.3, 0.4) is 0 Å². The molecule has 2 aromatic carbocycles. The summed E-state index contributed by atoms with van der Waals surface area (Å²) in [5.41, 5.74) is 4.66. The number of methoxy groups -OCH3 is 1. The van der Waals surface area contributed by atoms with Crippen molar-refractivity contribution in [3.05, 3.63) is 69.3 Å². The van der Waals surface area contributed by atoms with E-state index in [9.17, 15) is 9.59 Å². The van der Waals surface area contributed by atoms with Gasteiger partial charge < -0.3 is 18.9 Å². The number of benzene rings is 2. The number of hydrogen-bond acceptors (Lipinski definition) is 5. The molecule has 0 fully saturated rings. The number of carbonyl (C=O) groups excluding carboxylic acids is 1. The average Bonchev–Trinajstić information content (AvgIpc) is 3.09. The Bertz CT molecular complexity index is 1330. The summed E-state index contributed by atoms with van der Waals surface area (Å²) in [6.07, 6.45) is -0.0408. The van der Waals surface area contributed by atoms with E-state index in [1.165, 1.54) is 0 Å². The van der Waals surface area contributed by atoms with Crippen LogP contribution in [0.1, 0.15) is 22.5 Å². The molecule has 0 aliphatic rings. The van der Waals surface area contributed by atoms with Crippen LogP contribution in [-0.2, 0) is 16.0 Å². The first-order chi connectivity index (χ1) is 14.9. The summed E-state index contributed by atoms with van der Waals surface area (Å²) in [4.78, 5) is 25.0. The smallest absolute Gasteiger partial charge is 0.340 e. The third kappa shape index (κ3) is 3.75. The van der Waals surface area contributed by atoms with E-state index >= 15 is 0 Å². The molecule has 2 aromatic heterocycles. The predicted octanol–water partition coefficient (Wildman–Crippen LogP) is 4.44. The zero-order chi connectivity index (χ0) is 22.1. The topological polar surface area (TPSA) is 81.7 Å². The lowest BCUT2D eigenvalue weighted by molar-refractivity contribution is -0.120. The van der Waals surface area contributed by atoms with Gasteiger partial charge in [0.2, 0.25) is 5.91 Å². The highest BCUT2D eigenvalue weighted by atomic mass is 16.5. The first kappa shape index (κ1) is 20.9. The molecular weight excluding hydrogens is 394 g/mol. The van der Waals surface area contributed by atoms with Crippen LogP contribution in [0.25, 0.3) is 33.1 Å². The highest BCUT2D eigenvalue weighted by Gasteiger charge is 2.21. The van der Waals surface area contributed by atoms with Gasteiger partial charge in [-0.1, -0.05) is 30.3 Å². The summed E-state index contributed by atoms with van der Waals surface area (Å²) in [7, 11) is 1.57. The molecule has 1 amide bonds. The molecule has 0 saturated carbocycles. The summed E-state index contributed by atoms with van der Waals surface area (Å²) in [5.74, 6) is 0.561. The molecule has 4 aromatic rings. The summed E-state index contributed by atoms with van der Waals surface area (Å²) in [6.45, 7) is 6.49. The standard InChI is InChI=1S/C25H25NO5/c1-14-18-12-20-22(17-8-6-5-7-9-17)16(3)30-24(20)15(2)23(18)31-25(28)19(14)13-21(27)26-10-11-29-4/h5-9,12H,10-11,13H2,1-4H3,(H,26,27). The van der Waals surface area contributed by atoms with Crippen LogP contribution >= 0.6 is 0 Å². The summed E-state index contributed by atoms with van der Waals surface area (Å²) < 4.78 is 16.7. The monoisotopic (exact) mass is 419 g/mol. The van der Waals surface area contributed by atoms with Gasteiger partial charge in [-0.05, 0) is 38.0 Å². The van der Waals surface area contributed by atoms with Gasteiger partial charge in [0.25, 0.3) is 0 Å². The van der Waals surface area contributed by atoms with Crippen molar-refractivity contribution >= 4 is 27.8 Å². The van der Waals surface area contributed by atoms with Crippen molar-refractivity contribution in [3.8, 4) is 11.1 Å². The number of aryl methyl sites for hydroxylation is 3. The Kier molecular flexibility index (Phi) is 5.65. The molecule has 0 aliphatic heterocycles. The van der Waals surface area contributed by atoms with Gasteiger partial charge in [0.1, 0.15) is 16.9 Å². The summed E-state index contributed by atoms with van der Waals surface area (Å²) >= 11 is 0. The zero-order valence-corrected chi connectivity index (χ0v) is 18.1. The lowest BCUT2D eigenvalue weighted by atomic mass is 9.96. The minimum Gasteiger partial charge on any atom is -0.460 e. The lowest BCUT2D eigenvalue weighted by Gasteiger charge is -2.10. The molecule has 0 radical (unpaired) electrons. The first-order valence-corrected chi connectivity index (χ1v) is 10.2. The fourth-order valence-electron chi connectivity index (χ4n) is 4.06. The van der Waals surface area contributed by atoms with Crippen LogP contribution in [0.4, 0.5) is 0 Å².